The molecule has 2 aliphatic rings. The second-order valence-corrected chi connectivity index (χ2v) is 7.22. The van der Waals surface area contributed by atoms with Crippen LogP contribution in [0.4, 0.5) is 0 Å². The van der Waals surface area contributed by atoms with Gasteiger partial charge in [-0.1, -0.05) is 25.4 Å². The van der Waals surface area contributed by atoms with Crippen molar-refractivity contribution in [3.8, 4) is 5.88 Å². The third-order valence-corrected chi connectivity index (χ3v) is 4.83. The summed E-state index contributed by atoms with van der Waals surface area (Å²) in [5.74, 6) is 0.741. The molecule has 2 N–H and O–H groups in total. The lowest BCUT2D eigenvalue weighted by Gasteiger charge is -2.30. The molecule has 120 valence electrons. The van der Waals surface area contributed by atoms with Crippen LogP contribution in [0.5, 0.6) is 5.88 Å². The van der Waals surface area contributed by atoms with Gasteiger partial charge in [-0.25, -0.2) is 4.98 Å². The molecule has 5 nitrogen and oxygen atoms in total. The molecule has 1 saturated heterocycles. The summed E-state index contributed by atoms with van der Waals surface area (Å²) in [5, 5.41) is 7.07. The van der Waals surface area contributed by atoms with Crippen molar-refractivity contribution in [1.82, 2.24) is 15.6 Å². The molecule has 1 unspecified atom stereocenters. The largest absolute Gasteiger partial charge is 0.481 e. The van der Waals surface area contributed by atoms with Crippen molar-refractivity contribution in [3.05, 3.63) is 22.3 Å². The van der Waals surface area contributed by atoms with Gasteiger partial charge in [-0.05, 0) is 29.9 Å². The van der Waals surface area contributed by atoms with Crippen molar-refractivity contribution >= 4 is 17.5 Å². The van der Waals surface area contributed by atoms with E-state index in [-0.39, 0.29) is 23.4 Å². The first-order chi connectivity index (χ1) is 10.4. The molecule has 1 aliphatic carbocycles. The van der Waals surface area contributed by atoms with Gasteiger partial charge in [-0.3, -0.25) is 4.79 Å². The van der Waals surface area contributed by atoms with Gasteiger partial charge in [0.05, 0.1) is 7.11 Å². The number of fused-ring (bicyclic) bond motifs is 1. The number of methoxy groups -OCH3 is 1. The first-order valence-corrected chi connectivity index (χ1v) is 8.04. The normalized spacial score (nSPS) is 25.9. The predicted octanol–water partition coefficient (Wildman–Crippen LogP) is 2.24. The van der Waals surface area contributed by atoms with Gasteiger partial charge >= 0.3 is 0 Å². The lowest BCUT2D eigenvalue weighted by molar-refractivity contribution is -0.119. The Kier molecular flexibility index (Phi) is 4.03. The molecular weight excluding hydrogens is 302 g/mol. The number of pyridine rings is 1. The van der Waals surface area contributed by atoms with Gasteiger partial charge in [0.15, 0.2) is 0 Å². The highest BCUT2D eigenvalue weighted by molar-refractivity contribution is 6.29. The Labute approximate surface area is 135 Å². The Morgan fingerprint density at radius 1 is 1.55 bits per heavy atom. The quantitative estimate of drug-likeness (QED) is 0.834. The number of nitrogens with zero attached hydrogens (tertiary/aromatic N) is 1. The lowest BCUT2D eigenvalue weighted by atomic mass is 9.85. The summed E-state index contributed by atoms with van der Waals surface area (Å²) in [5.41, 5.74) is 2.33. The van der Waals surface area contributed by atoms with E-state index in [0.29, 0.717) is 17.5 Å². The van der Waals surface area contributed by atoms with Crippen LogP contribution >= 0.6 is 11.6 Å². The molecule has 0 saturated carbocycles. The molecule has 0 radical (unpaired) electrons. The van der Waals surface area contributed by atoms with Crippen molar-refractivity contribution in [1.29, 1.82) is 0 Å². The average Bonchev–Trinajstić information content (AvgIpc) is 2.95. The van der Waals surface area contributed by atoms with E-state index in [1.165, 1.54) is 5.56 Å². The maximum atomic E-state index is 11.3. The first kappa shape index (κ1) is 15.6. The van der Waals surface area contributed by atoms with Crippen molar-refractivity contribution in [2.45, 2.75) is 45.2 Å². The van der Waals surface area contributed by atoms with Gasteiger partial charge in [0, 0.05) is 30.6 Å². The second kappa shape index (κ2) is 5.70. The third-order valence-electron chi connectivity index (χ3n) is 4.64. The topological polar surface area (TPSA) is 63.2 Å². The highest BCUT2D eigenvalue weighted by Crippen LogP contribution is 2.48. The molecule has 2 atom stereocenters. The number of nitrogens with one attached hydrogen (secondary N) is 2. The highest BCUT2D eigenvalue weighted by Gasteiger charge is 2.42. The lowest BCUT2D eigenvalue weighted by Crippen LogP contribution is -2.40. The van der Waals surface area contributed by atoms with E-state index in [4.69, 9.17) is 16.3 Å². The molecule has 1 aliphatic heterocycles. The number of amides is 1. The molecular formula is C16H22ClN3O2. The van der Waals surface area contributed by atoms with E-state index in [0.717, 1.165) is 24.9 Å². The Morgan fingerprint density at radius 2 is 2.32 bits per heavy atom. The number of hydrogen-bond acceptors (Lipinski definition) is 4. The number of rotatable bonds is 4. The van der Waals surface area contributed by atoms with E-state index >= 15 is 0 Å². The number of halogens is 1. The van der Waals surface area contributed by atoms with Gasteiger partial charge < -0.3 is 15.4 Å². The van der Waals surface area contributed by atoms with E-state index in [1.807, 2.05) is 6.07 Å². The SMILES string of the molecule is COc1nc(Cl)cc2c1C(NC[C@@H]1CCC(=O)N1)C(C)(C)C2. The summed E-state index contributed by atoms with van der Waals surface area (Å²) >= 11 is 6.09. The third kappa shape index (κ3) is 2.79. The second-order valence-electron chi connectivity index (χ2n) is 6.84. The van der Waals surface area contributed by atoms with Crippen LogP contribution in [-0.4, -0.2) is 30.6 Å². The average molecular weight is 324 g/mol. The number of hydrogen-bond donors (Lipinski definition) is 2. The minimum atomic E-state index is 0.0462. The van der Waals surface area contributed by atoms with Crippen LogP contribution in [0.2, 0.25) is 5.15 Å². The Hall–Kier alpha value is -1.33. The fourth-order valence-corrected chi connectivity index (χ4v) is 3.82. The highest BCUT2D eigenvalue weighted by atomic mass is 35.5. The van der Waals surface area contributed by atoms with Crippen LogP contribution in [0.3, 0.4) is 0 Å². The van der Waals surface area contributed by atoms with Gasteiger partial charge in [-0.15, -0.1) is 0 Å². The maximum Gasteiger partial charge on any atom is 0.220 e. The molecule has 2 heterocycles. The molecule has 0 aromatic carbocycles. The van der Waals surface area contributed by atoms with Crippen molar-refractivity contribution in [3.63, 3.8) is 0 Å². The van der Waals surface area contributed by atoms with Crippen LogP contribution in [0.25, 0.3) is 0 Å². The zero-order chi connectivity index (χ0) is 15.9. The molecule has 1 aromatic rings. The van der Waals surface area contributed by atoms with Crippen molar-refractivity contribution < 1.29 is 9.53 Å². The molecule has 1 aromatic heterocycles. The summed E-state index contributed by atoms with van der Waals surface area (Å²) in [4.78, 5) is 15.6. The van der Waals surface area contributed by atoms with Gasteiger partial charge in [-0.2, -0.15) is 0 Å². The number of carbonyl (C=O) groups is 1. The molecule has 0 spiro atoms. The van der Waals surface area contributed by atoms with Crippen LogP contribution < -0.4 is 15.4 Å². The Bertz CT molecular complexity index is 603. The standard InChI is InChI=1S/C16H22ClN3O2/c1-16(2)7-9-6-11(17)20-15(22-3)13(9)14(16)18-8-10-4-5-12(21)19-10/h6,10,14,18H,4-5,7-8H2,1-3H3,(H,19,21)/t10-,14?/m0/s1. The van der Waals surface area contributed by atoms with Gasteiger partial charge in [0.25, 0.3) is 0 Å². The van der Waals surface area contributed by atoms with Crippen LogP contribution in [0.1, 0.15) is 43.9 Å². The predicted molar refractivity (Wildman–Crippen MR) is 85.2 cm³/mol. The Morgan fingerprint density at radius 3 is 2.95 bits per heavy atom. The van der Waals surface area contributed by atoms with Crippen molar-refractivity contribution in [2.24, 2.45) is 5.41 Å². The fourth-order valence-electron chi connectivity index (χ4n) is 3.61. The molecule has 0 bridgehead atoms. The summed E-state index contributed by atoms with van der Waals surface area (Å²) in [7, 11) is 1.62. The summed E-state index contributed by atoms with van der Waals surface area (Å²) < 4.78 is 5.45. The Balaban J connectivity index is 1.83. The maximum absolute atomic E-state index is 11.3. The number of aromatic nitrogens is 1. The van der Waals surface area contributed by atoms with Gasteiger partial charge in [0.1, 0.15) is 5.15 Å². The van der Waals surface area contributed by atoms with E-state index < -0.39 is 0 Å². The molecule has 3 rings (SSSR count). The van der Waals surface area contributed by atoms with Crippen LogP contribution in [0.15, 0.2) is 6.07 Å². The zero-order valence-electron chi connectivity index (χ0n) is 13.2. The number of ether oxygens (including phenoxy) is 1. The van der Waals surface area contributed by atoms with Gasteiger partial charge in [0.2, 0.25) is 11.8 Å². The first-order valence-electron chi connectivity index (χ1n) is 7.67. The van der Waals surface area contributed by atoms with E-state index in [9.17, 15) is 4.79 Å². The van der Waals surface area contributed by atoms with E-state index in [1.54, 1.807) is 7.11 Å². The monoisotopic (exact) mass is 323 g/mol. The van der Waals surface area contributed by atoms with E-state index in [2.05, 4.69) is 29.5 Å². The van der Waals surface area contributed by atoms with Crippen LogP contribution in [-0.2, 0) is 11.2 Å². The molecule has 6 heteroatoms. The zero-order valence-corrected chi connectivity index (χ0v) is 14.0. The summed E-state index contributed by atoms with van der Waals surface area (Å²) in [6, 6.07) is 2.28. The minimum Gasteiger partial charge on any atom is -0.481 e. The van der Waals surface area contributed by atoms with Crippen molar-refractivity contribution in [2.75, 3.05) is 13.7 Å². The van der Waals surface area contributed by atoms with Crippen LogP contribution in [0, 0.1) is 5.41 Å². The summed E-state index contributed by atoms with van der Waals surface area (Å²) in [6.45, 7) is 5.21. The molecule has 1 fully saturated rings. The summed E-state index contributed by atoms with van der Waals surface area (Å²) in [6.07, 6.45) is 2.44. The molecule has 1 amide bonds. The fraction of sp³-hybridized carbons (Fsp3) is 0.625. The number of carbonyl (C=O) groups excluding carboxylic acids is 1. The smallest absolute Gasteiger partial charge is 0.220 e. The minimum absolute atomic E-state index is 0.0462. The molecule has 22 heavy (non-hydrogen) atoms.